The third-order valence-corrected chi connectivity index (χ3v) is 2.89. The van der Waals surface area contributed by atoms with Gasteiger partial charge in [-0.15, -0.1) is 0 Å². The first-order valence-electron chi connectivity index (χ1n) is 5.86. The van der Waals surface area contributed by atoms with E-state index in [-0.39, 0.29) is 0 Å². The van der Waals surface area contributed by atoms with Crippen LogP contribution in [0, 0.1) is 6.92 Å². The predicted molar refractivity (Wildman–Crippen MR) is 72.0 cm³/mol. The summed E-state index contributed by atoms with van der Waals surface area (Å²) in [6.45, 7) is 2.07. The Hall–Kier alpha value is -2.42. The zero-order valence-corrected chi connectivity index (χ0v) is 10.1. The molecule has 1 N–H and O–H groups in total. The maximum atomic E-state index is 4.41. The van der Waals surface area contributed by atoms with Crippen LogP contribution in [0.25, 0.3) is 22.5 Å². The number of pyridine rings is 1. The second kappa shape index (κ2) is 4.45. The lowest BCUT2D eigenvalue weighted by Gasteiger charge is -2.04. The van der Waals surface area contributed by atoms with Crippen molar-refractivity contribution >= 4 is 0 Å². The van der Waals surface area contributed by atoms with Gasteiger partial charge in [0.15, 0.2) is 0 Å². The van der Waals surface area contributed by atoms with Gasteiger partial charge in [0.2, 0.25) is 0 Å². The Balaban J connectivity index is 2.06. The highest BCUT2D eigenvalue weighted by atomic mass is 15.1. The second-order valence-corrected chi connectivity index (χ2v) is 4.27. The molecule has 0 radical (unpaired) electrons. The Bertz CT molecular complexity index is 657. The van der Waals surface area contributed by atoms with Gasteiger partial charge in [-0.2, -0.15) is 5.10 Å². The van der Waals surface area contributed by atoms with Crippen molar-refractivity contribution in [3.63, 3.8) is 0 Å². The van der Waals surface area contributed by atoms with E-state index in [1.165, 1.54) is 5.56 Å². The molecule has 0 spiro atoms. The number of rotatable bonds is 2. The zero-order valence-electron chi connectivity index (χ0n) is 10.1. The molecule has 0 aliphatic carbocycles. The largest absolute Gasteiger partial charge is 0.278 e. The van der Waals surface area contributed by atoms with Crippen LogP contribution in [0.5, 0.6) is 0 Å². The van der Waals surface area contributed by atoms with Gasteiger partial charge < -0.3 is 0 Å². The molecule has 0 saturated carbocycles. The summed E-state index contributed by atoms with van der Waals surface area (Å²) in [4.78, 5) is 4.41. The van der Waals surface area contributed by atoms with E-state index in [9.17, 15) is 0 Å². The molecule has 0 atom stereocenters. The van der Waals surface area contributed by atoms with Gasteiger partial charge in [-0.05, 0) is 36.8 Å². The van der Waals surface area contributed by atoms with Crippen molar-refractivity contribution in [2.45, 2.75) is 6.92 Å². The van der Waals surface area contributed by atoms with Crippen molar-refractivity contribution in [1.82, 2.24) is 15.2 Å². The fraction of sp³-hybridized carbons (Fsp3) is 0.0667. The average molecular weight is 235 g/mol. The highest BCUT2D eigenvalue weighted by Crippen LogP contribution is 2.24. The quantitative estimate of drug-likeness (QED) is 0.739. The summed E-state index contributed by atoms with van der Waals surface area (Å²) in [6, 6.07) is 14.3. The van der Waals surface area contributed by atoms with E-state index in [2.05, 4.69) is 46.4 Å². The first kappa shape index (κ1) is 10.7. The van der Waals surface area contributed by atoms with Crippen LogP contribution in [-0.2, 0) is 0 Å². The van der Waals surface area contributed by atoms with Crippen molar-refractivity contribution in [3.05, 3.63) is 60.4 Å². The number of aromatic nitrogens is 3. The highest BCUT2D eigenvalue weighted by molar-refractivity contribution is 5.69. The minimum atomic E-state index is 0.997. The molecular formula is C15H13N3. The van der Waals surface area contributed by atoms with Gasteiger partial charge >= 0.3 is 0 Å². The molecule has 0 unspecified atom stereocenters. The molecule has 2 aromatic heterocycles. The number of hydrogen-bond donors (Lipinski definition) is 1. The van der Waals surface area contributed by atoms with Crippen molar-refractivity contribution in [2.75, 3.05) is 0 Å². The predicted octanol–water partition coefficient (Wildman–Crippen LogP) is 3.45. The number of nitrogens with one attached hydrogen (secondary N) is 1. The molecule has 3 nitrogen and oxygen atoms in total. The Labute approximate surface area is 106 Å². The summed E-state index contributed by atoms with van der Waals surface area (Å²) in [5.74, 6) is 0. The van der Waals surface area contributed by atoms with Gasteiger partial charge in [-0.1, -0.05) is 18.2 Å². The molecule has 0 bridgehead atoms. The lowest BCUT2D eigenvalue weighted by Crippen LogP contribution is -1.85. The molecule has 3 rings (SSSR count). The van der Waals surface area contributed by atoms with Crippen LogP contribution in [0.3, 0.4) is 0 Å². The van der Waals surface area contributed by atoms with Crippen LogP contribution in [-0.4, -0.2) is 15.2 Å². The summed E-state index contributed by atoms with van der Waals surface area (Å²) < 4.78 is 0. The van der Waals surface area contributed by atoms with Crippen LogP contribution in [0.1, 0.15) is 5.56 Å². The van der Waals surface area contributed by atoms with Gasteiger partial charge in [0, 0.05) is 23.5 Å². The zero-order chi connectivity index (χ0) is 12.4. The molecule has 0 aliphatic rings. The monoisotopic (exact) mass is 235 g/mol. The Morgan fingerprint density at radius 3 is 2.61 bits per heavy atom. The van der Waals surface area contributed by atoms with E-state index in [1.807, 2.05) is 24.4 Å². The van der Waals surface area contributed by atoms with E-state index in [1.54, 1.807) is 6.20 Å². The van der Waals surface area contributed by atoms with Gasteiger partial charge in [0.1, 0.15) is 0 Å². The summed E-state index contributed by atoms with van der Waals surface area (Å²) in [5.41, 5.74) is 5.46. The van der Waals surface area contributed by atoms with Gasteiger partial charge in [0.05, 0.1) is 11.4 Å². The Morgan fingerprint density at radius 2 is 1.83 bits per heavy atom. The molecule has 3 heteroatoms. The van der Waals surface area contributed by atoms with Gasteiger partial charge in [-0.3, -0.25) is 10.1 Å². The number of nitrogens with zero attached hydrogens (tertiary/aromatic N) is 2. The lowest BCUT2D eigenvalue weighted by atomic mass is 10.0. The van der Waals surface area contributed by atoms with Crippen molar-refractivity contribution in [3.8, 4) is 22.5 Å². The number of hydrogen-bond acceptors (Lipinski definition) is 2. The minimum absolute atomic E-state index is 0.997. The number of aromatic amines is 1. The second-order valence-electron chi connectivity index (χ2n) is 4.27. The number of H-pyrrole nitrogens is 1. The van der Waals surface area contributed by atoms with Crippen molar-refractivity contribution in [2.24, 2.45) is 0 Å². The molecule has 0 fully saturated rings. The first-order valence-corrected chi connectivity index (χ1v) is 5.86. The van der Waals surface area contributed by atoms with E-state index < -0.39 is 0 Å². The summed E-state index contributed by atoms with van der Waals surface area (Å²) in [7, 11) is 0. The number of benzene rings is 1. The third kappa shape index (κ3) is 2.02. The lowest BCUT2D eigenvalue weighted by molar-refractivity contribution is 1.10. The van der Waals surface area contributed by atoms with Crippen LogP contribution in [0.2, 0.25) is 0 Å². The fourth-order valence-electron chi connectivity index (χ4n) is 1.96. The molecule has 88 valence electrons. The highest BCUT2D eigenvalue weighted by Gasteiger charge is 2.03. The van der Waals surface area contributed by atoms with Gasteiger partial charge in [0.25, 0.3) is 0 Å². The molecule has 2 heterocycles. The smallest absolute Gasteiger partial charge is 0.0704 e. The van der Waals surface area contributed by atoms with E-state index in [0.29, 0.717) is 0 Å². The maximum Gasteiger partial charge on any atom is 0.0704 e. The van der Waals surface area contributed by atoms with Crippen molar-refractivity contribution in [1.29, 1.82) is 0 Å². The Kier molecular flexibility index (Phi) is 2.65. The average Bonchev–Trinajstić information content (AvgIpc) is 2.93. The molecular weight excluding hydrogens is 222 g/mol. The van der Waals surface area contributed by atoms with Gasteiger partial charge in [-0.25, -0.2) is 0 Å². The van der Waals surface area contributed by atoms with Crippen LogP contribution in [0.15, 0.2) is 54.9 Å². The topological polar surface area (TPSA) is 41.6 Å². The normalized spacial score (nSPS) is 10.5. The molecule has 1 aromatic carbocycles. The van der Waals surface area contributed by atoms with E-state index in [0.717, 1.165) is 22.5 Å². The Morgan fingerprint density at radius 1 is 0.944 bits per heavy atom. The maximum absolute atomic E-state index is 4.41. The van der Waals surface area contributed by atoms with E-state index >= 15 is 0 Å². The molecule has 18 heavy (non-hydrogen) atoms. The number of aryl methyl sites for hydroxylation is 1. The van der Waals surface area contributed by atoms with Crippen molar-refractivity contribution < 1.29 is 0 Å². The standard InChI is InChI=1S/C15H13N3/c1-11-5-7-16-15(9-11)13-4-2-3-12(10-13)14-6-8-17-18-14/h2-10H,1H3,(H,17,18). The molecule has 0 amide bonds. The summed E-state index contributed by atoms with van der Waals surface area (Å²) >= 11 is 0. The third-order valence-electron chi connectivity index (χ3n) is 2.89. The van der Waals surface area contributed by atoms with Crippen LogP contribution < -0.4 is 0 Å². The van der Waals surface area contributed by atoms with Crippen LogP contribution in [0.4, 0.5) is 0 Å². The van der Waals surface area contributed by atoms with E-state index in [4.69, 9.17) is 0 Å². The first-order chi connectivity index (χ1) is 8.83. The molecule has 0 aliphatic heterocycles. The van der Waals surface area contributed by atoms with Crippen LogP contribution >= 0.6 is 0 Å². The fourth-order valence-corrected chi connectivity index (χ4v) is 1.96. The summed E-state index contributed by atoms with van der Waals surface area (Å²) in [6.07, 6.45) is 3.60. The molecule has 3 aromatic rings. The molecule has 0 saturated heterocycles. The summed E-state index contributed by atoms with van der Waals surface area (Å²) in [5, 5.41) is 6.95. The SMILES string of the molecule is Cc1ccnc(-c2cccc(-c3ccn[nH]3)c2)c1. The minimum Gasteiger partial charge on any atom is -0.278 e.